The second-order valence-corrected chi connectivity index (χ2v) is 6.38. The number of amides is 1. The van der Waals surface area contributed by atoms with Crippen LogP contribution in [-0.2, 0) is 4.79 Å². The van der Waals surface area contributed by atoms with Crippen LogP contribution in [0.25, 0.3) is 0 Å². The van der Waals surface area contributed by atoms with E-state index in [9.17, 15) is 4.79 Å². The summed E-state index contributed by atoms with van der Waals surface area (Å²) in [5.74, 6) is -0.0125. The molecule has 1 aromatic carbocycles. The van der Waals surface area contributed by atoms with Gasteiger partial charge in [-0.05, 0) is 52.2 Å². The average Bonchev–Trinajstić information content (AvgIpc) is 2.47. The highest BCUT2D eigenvalue weighted by Gasteiger charge is 2.21. The Morgan fingerprint density at radius 2 is 2.14 bits per heavy atom. The number of likely N-dealkylation sites (tertiary alicyclic amines) is 1. The molecule has 1 heterocycles. The van der Waals surface area contributed by atoms with Crippen LogP contribution in [0.4, 0.5) is 5.69 Å². The molecule has 0 bridgehead atoms. The second-order valence-electron chi connectivity index (χ2n) is 5.94. The zero-order chi connectivity index (χ0) is 16.1. The quantitative estimate of drug-likeness (QED) is 0.801. The van der Waals surface area contributed by atoms with Gasteiger partial charge in [0, 0.05) is 17.3 Å². The zero-order valence-corrected chi connectivity index (χ0v) is 14.0. The van der Waals surface area contributed by atoms with Crippen LogP contribution in [0.3, 0.4) is 0 Å². The number of benzene rings is 1. The Hall–Kier alpha value is -1.50. The Bertz CT molecular complexity index is 541. The second kappa shape index (κ2) is 7.67. The molecule has 5 nitrogen and oxygen atoms in total. The number of nitrogens with two attached hydrogens (primary N) is 1. The third-order valence-electron chi connectivity index (χ3n) is 4.14. The molecule has 0 saturated carbocycles. The first kappa shape index (κ1) is 16.9. The van der Waals surface area contributed by atoms with Crippen LogP contribution < -0.4 is 11.1 Å². The molecule has 1 amide bonds. The highest BCUT2D eigenvalue weighted by atomic mass is 32.1. The van der Waals surface area contributed by atoms with E-state index in [4.69, 9.17) is 18.0 Å². The summed E-state index contributed by atoms with van der Waals surface area (Å²) in [4.78, 5) is 17.0. The maximum atomic E-state index is 12.2. The number of rotatable bonds is 5. The molecule has 1 fully saturated rings. The number of likely N-dealkylation sites (N-methyl/N-ethyl adjacent to an activating group) is 1. The average molecular weight is 320 g/mol. The first-order valence-corrected chi connectivity index (χ1v) is 7.95. The lowest BCUT2D eigenvalue weighted by molar-refractivity contribution is -0.117. The summed E-state index contributed by atoms with van der Waals surface area (Å²) in [5, 5.41) is 2.91. The Morgan fingerprint density at radius 3 is 2.77 bits per heavy atom. The molecule has 2 rings (SSSR count). The standard InChI is InChI=1S/C16H24N4OS/c1-19-8-6-14(7-9-19)20(2)11-15(21)18-13-5-3-4-12(10-13)16(17)22/h3-5,10,14H,6-9,11H2,1-2H3,(H2,17,22)(H,18,21). The fourth-order valence-corrected chi connectivity index (χ4v) is 2.87. The number of anilines is 1. The molecular formula is C16H24N4OS. The molecule has 0 atom stereocenters. The number of nitrogens with one attached hydrogen (secondary N) is 1. The molecule has 0 unspecified atom stereocenters. The number of thiocarbonyl (C=S) groups is 1. The van der Waals surface area contributed by atoms with Crippen molar-refractivity contribution < 1.29 is 4.79 Å². The first-order valence-electron chi connectivity index (χ1n) is 7.54. The maximum absolute atomic E-state index is 12.2. The van der Waals surface area contributed by atoms with Crippen LogP contribution in [0.15, 0.2) is 24.3 Å². The van der Waals surface area contributed by atoms with Gasteiger partial charge in [-0.15, -0.1) is 0 Å². The van der Waals surface area contributed by atoms with Crippen LogP contribution in [-0.4, -0.2) is 60.5 Å². The first-order chi connectivity index (χ1) is 10.5. The van der Waals surface area contributed by atoms with Crippen molar-refractivity contribution in [3.05, 3.63) is 29.8 Å². The summed E-state index contributed by atoms with van der Waals surface area (Å²) in [5.41, 5.74) is 7.10. The summed E-state index contributed by atoms with van der Waals surface area (Å²) in [7, 11) is 4.15. The minimum absolute atomic E-state index is 0.0125. The van der Waals surface area contributed by atoms with E-state index < -0.39 is 0 Å². The number of hydrogen-bond donors (Lipinski definition) is 2. The molecule has 0 aliphatic carbocycles. The van der Waals surface area contributed by atoms with Crippen LogP contribution in [0.5, 0.6) is 0 Å². The zero-order valence-electron chi connectivity index (χ0n) is 13.2. The largest absolute Gasteiger partial charge is 0.389 e. The van der Waals surface area contributed by atoms with Gasteiger partial charge < -0.3 is 16.0 Å². The summed E-state index contributed by atoms with van der Waals surface area (Å²) in [6.45, 7) is 2.57. The van der Waals surface area contributed by atoms with Crippen molar-refractivity contribution in [3.63, 3.8) is 0 Å². The van der Waals surface area contributed by atoms with E-state index in [0.29, 0.717) is 17.6 Å². The van der Waals surface area contributed by atoms with Gasteiger partial charge in [0.2, 0.25) is 5.91 Å². The summed E-state index contributed by atoms with van der Waals surface area (Å²) < 4.78 is 0. The molecule has 3 N–H and O–H groups in total. The number of carbonyl (C=O) groups excluding carboxylic acids is 1. The highest BCUT2D eigenvalue weighted by Crippen LogP contribution is 2.15. The smallest absolute Gasteiger partial charge is 0.238 e. The Balaban J connectivity index is 1.87. The van der Waals surface area contributed by atoms with Gasteiger partial charge in [-0.25, -0.2) is 0 Å². The van der Waals surface area contributed by atoms with E-state index in [0.717, 1.165) is 37.2 Å². The number of nitrogens with zero attached hydrogens (tertiary/aromatic N) is 2. The minimum Gasteiger partial charge on any atom is -0.389 e. The van der Waals surface area contributed by atoms with Gasteiger partial charge in [-0.3, -0.25) is 9.69 Å². The Kier molecular flexibility index (Phi) is 5.88. The predicted octanol–water partition coefficient (Wildman–Crippen LogP) is 1.29. The van der Waals surface area contributed by atoms with Crippen molar-refractivity contribution in [1.29, 1.82) is 0 Å². The molecule has 6 heteroatoms. The molecule has 0 radical (unpaired) electrons. The summed E-state index contributed by atoms with van der Waals surface area (Å²) >= 11 is 4.95. The van der Waals surface area contributed by atoms with E-state index in [1.165, 1.54) is 0 Å². The lowest BCUT2D eigenvalue weighted by Crippen LogP contribution is -2.44. The van der Waals surface area contributed by atoms with Crippen molar-refractivity contribution in [2.45, 2.75) is 18.9 Å². The number of piperidine rings is 1. The van der Waals surface area contributed by atoms with Crippen LogP contribution in [0.2, 0.25) is 0 Å². The van der Waals surface area contributed by atoms with E-state index >= 15 is 0 Å². The Labute approximate surface area is 137 Å². The SMILES string of the molecule is CN1CCC(N(C)CC(=O)Nc2cccc(C(N)=S)c2)CC1. The molecule has 0 aromatic heterocycles. The topological polar surface area (TPSA) is 61.6 Å². The van der Waals surface area contributed by atoms with E-state index in [-0.39, 0.29) is 5.91 Å². The molecule has 22 heavy (non-hydrogen) atoms. The van der Waals surface area contributed by atoms with Gasteiger partial charge in [-0.2, -0.15) is 0 Å². The third kappa shape index (κ3) is 4.76. The van der Waals surface area contributed by atoms with E-state index in [1.807, 2.05) is 25.2 Å². The van der Waals surface area contributed by atoms with Gasteiger partial charge in [0.15, 0.2) is 0 Å². The number of carbonyl (C=O) groups is 1. The van der Waals surface area contributed by atoms with Crippen molar-refractivity contribution in [1.82, 2.24) is 9.80 Å². The molecular weight excluding hydrogens is 296 g/mol. The lowest BCUT2D eigenvalue weighted by atomic mass is 10.0. The fourth-order valence-electron chi connectivity index (χ4n) is 2.74. The van der Waals surface area contributed by atoms with Gasteiger partial charge in [-0.1, -0.05) is 24.4 Å². The third-order valence-corrected chi connectivity index (χ3v) is 4.37. The van der Waals surface area contributed by atoms with Crippen molar-refractivity contribution in [2.75, 3.05) is 39.0 Å². The molecule has 1 saturated heterocycles. The Morgan fingerprint density at radius 1 is 1.45 bits per heavy atom. The molecule has 1 aliphatic rings. The van der Waals surface area contributed by atoms with E-state index in [1.54, 1.807) is 6.07 Å². The summed E-state index contributed by atoms with van der Waals surface area (Å²) in [6.07, 6.45) is 2.22. The van der Waals surface area contributed by atoms with Crippen LogP contribution >= 0.6 is 12.2 Å². The molecule has 1 aliphatic heterocycles. The van der Waals surface area contributed by atoms with Crippen LogP contribution in [0.1, 0.15) is 18.4 Å². The van der Waals surface area contributed by atoms with Crippen molar-refractivity contribution >= 4 is 28.8 Å². The van der Waals surface area contributed by atoms with Gasteiger partial charge >= 0.3 is 0 Å². The van der Waals surface area contributed by atoms with Gasteiger partial charge in [0.1, 0.15) is 4.99 Å². The van der Waals surface area contributed by atoms with Crippen LogP contribution in [0, 0.1) is 0 Å². The normalized spacial score (nSPS) is 16.7. The molecule has 120 valence electrons. The fraction of sp³-hybridized carbons (Fsp3) is 0.500. The molecule has 0 spiro atoms. The van der Waals surface area contributed by atoms with Gasteiger partial charge in [0.25, 0.3) is 0 Å². The van der Waals surface area contributed by atoms with Crippen molar-refractivity contribution in [3.8, 4) is 0 Å². The van der Waals surface area contributed by atoms with Crippen molar-refractivity contribution in [2.24, 2.45) is 5.73 Å². The minimum atomic E-state index is -0.0125. The van der Waals surface area contributed by atoms with E-state index in [2.05, 4.69) is 22.2 Å². The van der Waals surface area contributed by atoms with Gasteiger partial charge in [0.05, 0.1) is 6.54 Å². The lowest BCUT2D eigenvalue weighted by Gasteiger charge is -2.34. The highest BCUT2D eigenvalue weighted by molar-refractivity contribution is 7.80. The monoisotopic (exact) mass is 320 g/mol. The predicted molar refractivity (Wildman–Crippen MR) is 94.1 cm³/mol. The number of hydrogen-bond acceptors (Lipinski definition) is 4. The molecule has 1 aromatic rings. The summed E-state index contributed by atoms with van der Waals surface area (Å²) in [6, 6.07) is 7.79. The maximum Gasteiger partial charge on any atom is 0.238 e.